The summed E-state index contributed by atoms with van der Waals surface area (Å²) in [4.78, 5) is 29.8. The lowest BCUT2D eigenvalue weighted by Crippen LogP contribution is -2.23. The number of esters is 1. The summed E-state index contributed by atoms with van der Waals surface area (Å²) in [7, 11) is 0. The second-order valence-electron chi connectivity index (χ2n) is 6.15. The van der Waals surface area contributed by atoms with Crippen molar-refractivity contribution in [3.05, 3.63) is 68.9 Å². The van der Waals surface area contributed by atoms with Crippen LogP contribution in [-0.2, 0) is 16.1 Å². The average molecular weight is 479 g/mol. The van der Waals surface area contributed by atoms with Crippen molar-refractivity contribution in [1.29, 1.82) is 0 Å². The van der Waals surface area contributed by atoms with Gasteiger partial charge in [-0.1, -0.05) is 12.1 Å². The van der Waals surface area contributed by atoms with Crippen molar-refractivity contribution in [3.8, 4) is 5.75 Å². The molecule has 1 N–H and O–H groups in total. The fourth-order valence-electron chi connectivity index (χ4n) is 2.61. The monoisotopic (exact) mass is 478 g/mol. The van der Waals surface area contributed by atoms with Crippen molar-refractivity contribution in [2.24, 2.45) is 0 Å². The first kappa shape index (κ1) is 20.9. The molecule has 3 rings (SSSR count). The molecule has 6 nitrogen and oxygen atoms in total. The van der Waals surface area contributed by atoms with Crippen molar-refractivity contribution in [2.75, 3.05) is 4.90 Å². The topological polar surface area (TPSA) is 79.7 Å². The number of hydrogen-bond acceptors (Lipinski definition) is 6. The van der Waals surface area contributed by atoms with Gasteiger partial charge in [0, 0.05) is 12.3 Å². The standard InChI is InChI=1S/C20H16BrFN2O4S/c1-11-7-14(18(26)15(21)8-11)19(27)28-9-13-10-29-20(23-13)24(12(2)25)17-6-4-3-5-16(17)22/h3-8,10,26H,9H2,1-2H3. The number of aryl methyl sites for hydroxylation is 1. The third-order valence-corrected chi connectivity index (χ3v) is 5.40. The first-order chi connectivity index (χ1) is 13.8. The molecule has 0 fully saturated rings. The van der Waals surface area contributed by atoms with Gasteiger partial charge in [-0.3, -0.25) is 9.69 Å². The Morgan fingerprint density at radius 1 is 1.31 bits per heavy atom. The summed E-state index contributed by atoms with van der Waals surface area (Å²) < 4.78 is 19.7. The summed E-state index contributed by atoms with van der Waals surface area (Å²) in [6, 6.07) is 9.09. The summed E-state index contributed by atoms with van der Waals surface area (Å²) in [6.07, 6.45) is 0. The molecule has 0 saturated heterocycles. The Balaban J connectivity index is 1.77. The van der Waals surface area contributed by atoms with Crippen LogP contribution >= 0.6 is 27.3 Å². The summed E-state index contributed by atoms with van der Waals surface area (Å²) in [5, 5.41) is 11.9. The second-order valence-corrected chi connectivity index (χ2v) is 7.84. The van der Waals surface area contributed by atoms with Crippen molar-refractivity contribution in [3.63, 3.8) is 0 Å². The lowest BCUT2D eigenvalue weighted by atomic mass is 10.1. The second kappa shape index (κ2) is 8.71. The van der Waals surface area contributed by atoms with Crippen LogP contribution in [-0.4, -0.2) is 22.0 Å². The van der Waals surface area contributed by atoms with Crippen LogP contribution in [0.25, 0.3) is 0 Å². The molecule has 1 heterocycles. The van der Waals surface area contributed by atoms with Crippen LogP contribution in [0.15, 0.2) is 46.3 Å². The maximum Gasteiger partial charge on any atom is 0.342 e. The number of carbonyl (C=O) groups is 2. The van der Waals surface area contributed by atoms with Crippen LogP contribution in [0.5, 0.6) is 5.75 Å². The lowest BCUT2D eigenvalue weighted by Gasteiger charge is -2.18. The van der Waals surface area contributed by atoms with Crippen LogP contribution in [0.3, 0.4) is 0 Å². The molecule has 0 aliphatic rings. The summed E-state index contributed by atoms with van der Waals surface area (Å²) >= 11 is 4.31. The normalized spacial score (nSPS) is 10.6. The Morgan fingerprint density at radius 2 is 2.03 bits per heavy atom. The van der Waals surface area contributed by atoms with Gasteiger partial charge in [-0.2, -0.15) is 0 Å². The van der Waals surface area contributed by atoms with E-state index in [-0.39, 0.29) is 28.7 Å². The number of aromatic hydroxyl groups is 1. The number of ether oxygens (including phenoxy) is 1. The number of para-hydroxylation sites is 1. The highest BCUT2D eigenvalue weighted by atomic mass is 79.9. The minimum absolute atomic E-state index is 0.0315. The summed E-state index contributed by atoms with van der Waals surface area (Å²) in [6.45, 7) is 2.93. The van der Waals surface area contributed by atoms with E-state index in [2.05, 4.69) is 20.9 Å². The Morgan fingerprint density at radius 3 is 2.72 bits per heavy atom. The Hall–Kier alpha value is -2.78. The van der Waals surface area contributed by atoms with E-state index in [9.17, 15) is 19.1 Å². The number of thiazole rings is 1. The van der Waals surface area contributed by atoms with E-state index < -0.39 is 17.7 Å². The molecular formula is C20H16BrFN2O4S. The van der Waals surface area contributed by atoms with Gasteiger partial charge in [-0.05, 0) is 52.7 Å². The van der Waals surface area contributed by atoms with Gasteiger partial charge in [0.2, 0.25) is 5.91 Å². The molecule has 0 aliphatic heterocycles. The maximum absolute atomic E-state index is 14.1. The number of anilines is 2. The zero-order valence-corrected chi connectivity index (χ0v) is 17.9. The predicted octanol–water partition coefficient (Wildman–Crippen LogP) is 5.10. The molecule has 0 radical (unpaired) electrons. The fourth-order valence-corrected chi connectivity index (χ4v) is 4.05. The van der Waals surface area contributed by atoms with Gasteiger partial charge in [-0.25, -0.2) is 14.2 Å². The average Bonchev–Trinajstić information content (AvgIpc) is 3.12. The minimum atomic E-state index is -0.709. The van der Waals surface area contributed by atoms with Crippen molar-refractivity contribution in [2.45, 2.75) is 20.5 Å². The first-order valence-corrected chi connectivity index (χ1v) is 10.1. The Kier molecular flexibility index (Phi) is 6.29. The smallest absolute Gasteiger partial charge is 0.342 e. The van der Waals surface area contributed by atoms with Crippen molar-refractivity contribution < 1.29 is 23.8 Å². The zero-order valence-electron chi connectivity index (χ0n) is 15.5. The lowest BCUT2D eigenvalue weighted by molar-refractivity contribution is -0.115. The zero-order chi connectivity index (χ0) is 21.1. The van der Waals surface area contributed by atoms with Crippen LogP contribution in [0.4, 0.5) is 15.2 Å². The van der Waals surface area contributed by atoms with E-state index in [1.165, 1.54) is 31.2 Å². The molecule has 0 spiro atoms. The van der Waals surface area contributed by atoms with E-state index in [1.54, 1.807) is 24.4 Å². The highest BCUT2D eigenvalue weighted by Gasteiger charge is 2.22. The molecule has 1 amide bonds. The first-order valence-electron chi connectivity index (χ1n) is 8.43. The number of phenolic OH excluding ortho intramolecular Hbond substituents is 1. The predicted molar refractivity (Wildman–Crippen MR) is 111 cm³/mol. The molecule has 0 bridgehead atoms. The van der Waals surface area contributed by atoms with E-state index in [0.29, 0.717) is 10.2 Å². The molecule has 3 aromatic rings. The number of aromatic nitrogens is 1. The van der Waals surface area contributed by atoms with Crippen LogP contribution in [0, 0.1) is 12.7 Å². The Labute approximate surface area is 178 Å². The van der Waals surface area contributed by atoms with Gasteiger partial charge in [0.05, 0.1) is 15.9 Å². The van der Waals surface area contributed by atoms with E-state index in [1.807, 2.05) is 0 Å². The molecule has 0 saturated carbocycles. The highest BCUT2D eigenvalue weighted by molar-refractivity contribution is 9.10. The Bertz CT molecular complexity index is 1090. The molecule has 0 atom stereocenters. The number of carbonyl (C=O) groups excluding carboxylic acids is 2. The number of benzene rings is 2. The third kappa shape index (κ3) is 4.63. The van der Waals surface area contributed by atoms with Gasteiger partial charge >= 0.3 is 5.97 Å². The SMILES string of the molecule is CC(=O)N(c1nc(COC(=O)c2cc(C)cc(Br)c2O)cs1)c1ccccc1F. The van der Waals surface area contributed by atoms with Gasteiger partial charge in [-0.15, -0.1) is 11.3 Å². The van der Waals surface area contributed by atoms with Crippen LogP contribution in [0.1, 0.15) is 28.5 Å². The minimum Gasteiger partial charge on any atom is -0.506 e. The molecule has 150 valence electrons. The third-order valence-electron chi connectivity index (χ3n) is 3.92. The number of amides is 1. The van der Waals surface area contributed by atoms with Crippen molar-refractivity contribution >= 4 is 50.0 Å². The quantitative estimate of drug-likeness (QED) is 0.516. The van der Waals surface area contributed by atoms with E-state index in [4.69, 9.17) is 4.74 Å². The molecule has 29 heavy (non-hydrogen) atoms. The highest BCUT2D eigenvalue weighted by Crippen LogP contribution is 2.32. The molecule has 1 aromatic heterocycles. The number of phenols is 1. The van der Waals surface area contributed by atoms with Gasteiger partial charge < -0.3 is 9.84 Å². The molecule has 0 unspecified atom stereocenters. The van der Waals surface area contributed by atoms with E-state index in [0.717, 1.165) is 21.8 Å². The molecular weight excluding hydrogens is 463 g/mol. The molecule has 9 heteroatoms. The number of halogens is 2. The summed E-state index contributed by atoms with van der Waals surface area (Å²) in [5.41, 5.74) is 1.29. The largest absolute Gasteiger partial charge is 0.506 e. The molecule has 0 aliphatic carbocycles. The van der Waals surface area contributed by atoms with Gasteiger partial charge in [0.25, 0.3) is 0 Å². The number of rotatable bonds is 5. The number of nitrogens with zero attached hydrogens (tertiary/aromatic N) is 2. The summed E-state index contributed by atoms with van der Waals surface area (Å²) in [5.74, 6) is -1.87. The maximum atomic E-state index is 14.1. The van der Waals surface area contributed by atoms with Crippen molar-refractivity contribution in [1.82, 2.24) is 4.98 Å². The van der Waals surface area contributed by atoms with Crippen LogP contribution in [0.2, 0.25) is 0 Å². The van der Waals surface area contributed by atoms with Gasteiger partial charge in [0.1, 0.15) is 23.7 Å². The fraction of sp³-hybridized carbons (Fsp3) is 0.150. The van der Waals surface area contributed by atoms with Crippen LogP contribution < -0.4 is 4.90 Å². The molecule has 2 aromatic carbocycles. The van der Waals surface area contributed by atoms with Gasteiger partial charge in [0.15, 0.2) is 5.13 Å². The van der Waals surface area contributed by atoms with E-state index >= 15 is 0 Å². The number of hydrogen-bond donors (Lipinski definition) is 1.